The van der Waals surface area contributed by atoms with Gasteiger partial charge in [-0.3, -0.25) is 0 Å². The molecule has 0 bridgehead atoms. The zero-order valence-electron chi connectivity index (χ0n) is 13.3. The molecule has 0 amide bonds. The Kier molecular flexibility index (Phi) is 5.39. The molecule has 0 aromatic carbocycles. The Balaban J connectivity index is 2.12. The third-order valence-corrected chi connectivity index (χ3v) is 4.10. The molecule has 4 atom stereocenters. The number of methoxy groups -OCH3 is 2. The molecule has 21 heavy (non-hydrogen) atoms. The zero-order chi connectivity index (χ0) is 15.4. The summed E-state index contributed by atoms with van der Waals surface area (Å²) in [6.07, 6.45) is 6.27. The molecule has 1 aliphatic heterocycles. The molecular formula is C16H26N2O3. The summed E-state index contributed by atoms with van der Waals surface area (Å²) in [7, 11) is 3.30. The van der Waals surface area contributed by atoms with Gasteiger partial charge in [0.1, 0.15) is 12.1 Å². The van der Waals surface area contributed by atoms with Crippen molar-refractivity contribution in [1.82, 2.24) is 0 Å². The van der Waals surface area contributed by atoms with Gasteiger partial charge in [-0.05, 0) is 31.1 Å². The first-order valence-electron chi connectivity index (χ1n) is 7.64. The van der Waals surface area contributed by atoms with E-state index in [0.29, 0.717) is 23.6 Å². The van der Waals surface area contributed by atoms with Crippen LogP contribution in [0.2, 0.25) is 0 Å². The average Bonchev–Trinajstić information content (AvgIpc) is 2.48. The van der Waals surface area contributed by atoms with E-state index in [4.69, 9.17) is 14.5 Å². The second kappa shape index (κ2) is 7.07. The van der Waals surface area contributed by atoms with E-state index >= 15 is 0 Å². The Morgan fingerprint density at radius 3 is 2.38 bits per heavy atom. The van der Waals surface area contributed by atoms with Crippen molar-refractivity contribution in [1.29, 1.82) is 0 Å². The molecule has 0 aromatic heterocycles. The summed E-state index contributed by atoms with van der Waals surface area (Å²) in [4.78, 5) is 9.39. The molecule has 2 aliphatic rings. The van der Waals surface area contributed by atoms with Crippen LogP contribution in [0.4, 0.5) is 0 Å². The van der Waals surface area contributed by atoms with Crippen molar-refractivity contribution < 1.29 is 14.6 Å². The van der Waals surface area contributed by atoms with E-state index in [9.17, 15) is 5.11 Å². The molecule has 1 heterocycles. The molecule has 0 saturated carbocycles. The second-order valence-electron chi connectivity index (χ2n) is 6.07. The molecular weight excluding hydrogens is 268 g/mol. The number of aliphatic hydroxyl groups excluding tert-OH is 1. The Labute approximate surface area is 126 Å². The van der Waals surface area contributed by atoms with E-state index in [1.54, 1.807) is 14.2 Å². The lowest BCUT2D eigenvalue weighted by Gasteiger charge is -2.29. The third kappa shape index (κ3) is 3.84. The van der Waals surface area contributed by atoms with Crippen molar-refractivity contribution in [2.24, 2.45) is 21.8 Å². The summed E-state index contributed by atoms with van der Waals surface area (Å²) in [6, 6.07) is -0.158. The van der Waals surface area contributed by atoms with Crippen LogP contribution in [-0.2, 0) is 9.47 Å². The van der Waals surface area contributed by atoms with Crippen LogP contribution in [0, 0.1) is 11.8 Å². The van der Waals surface area contributed by atoms with E-state index in [2.05, 4.69) is 24.9 Å². The number of hydrogen-bond acceptors (Lipinski definition) is 5. The minimum atomic E-state index is -0.300. The Morgan fingerprint density at radius 2 is 1.86 bits per heavy atom. The van der Waals surface area contributed by atoms with Gasteiger partial charge in [0.25, 0.3) is 0 Å². The van der Waals surface area contributed by atoms with E-state index < -0.39 is 0 Å². The van der Waals surface area contributed by atoms with E-state index in [1.807, 2.05) is 6.08 Å². The summed E-state index contributed by atoms with van der Waals surface area (Å²) in [5.41, 5.74) is 0. The molecule has 1 N–H and O–H groups in total. The highest BCUT2D eigenvalue weighted by Gasteiger charge is 2.32. The highest BCUT2D eigenvalue weighted by molar-refractivity contribution is 5.94. The number of aliphatic imine (C=N–C) groups is 2. The maximum absolute atomic E-state index is 9.52. The Hall–Kier alpha value is -1.36. The number of rotatable bonds is 3. The SMILES string of the molecule is COC1=N[C@H](C(C)C)C(OC)=N[C@H]1C[C@H]1C=C[C@H](O)CC1. The van der Waals surface area contributed by atoms with Crippen molar-refractivity contribution in [2.75, 3.05) is 14.2 Å². The Morgan fingerprint density at radius 1 is 1.14 bits per heavy atom. The van der Waals surface area contributed by atoms with E-state index in [1.165, 1.54) is 0 Å². The molecule has 0 unspecified atom stereocenters. The Bertz CT molecular complexity index is 443. The highest BCUT2D eigenvalue weighted by Crippen LogP contribution is 2.26. The second-order valence-corrected chi connectivity index (χ2v) is 6.07. The monoisotopic (exact) mass is 294 g/mol. The number of hydrogen-bond donors (Lipinski definition) is 1. The standard InChI is InChI=1S/C16H26N2O3/c1-10(2)14-16(21-4)17-13(15(18-14)20-3)9-11-5-7-12(19)8-6-11/h5,7,10-14,19H,6,8-9H2,1-4H3/t11-,12-,13-,14+/m0/s1. The van der Waals surface area contributed by atoms with Gasteiger partial charge in [0.2, 0.25) is 11.8 Å². The largest absolute Gasteiger partial charge is 0.483 e. The maximum atomic E-state index is 9.52. The van der Waals surface area contributed by atoms with Crippen LogP contribution in [0.1, 0.15) is 33.1 Å². The first-order chi connectivity index (χ1) is 10.0. The van der Waals surface area contributed by atoms with Crippen LogP contribution in [0.15, 0.2) is 22.1 Å². The zero-order valence-corrected chi connectivity index (χ0v) is 13.3. The molecule has 0 radical (unpaired) electrons. The van der Waals surface area contributed by atoms with Crippen LogP contribution in [0.3, 0.4) is 0 Å². The topological polar surface area (TPSA) is 63.4 Å². The molecule has 1 aliphatic carbocycles. The number of allylic oxidation sites excluding steroid dienone is 1. The highest BCUT2D eigenvalue weighted by atomic mass is 16.5. The quantitative estimate of drug-likeness (QED) is 0.812. The smallest absolute Gasteiger partial charge is 0.209 e. The third-order valence-electron chi connectivity index (χ3n) is 4.10. The van der Waals surface area contributed by atoms with Gasteiger partial charge in [0, 0.05) is 0 Å². The minimum Gasteiger partial charge on any atom is -0.483 e. The molecule has 0 fully saturated rings. The van der Waals surface area contributed by atoms with Gasteiger partial charge in [-0.15, -0.1) is 0 Å². The van der Waals surface area contributed by atoms with Crippen molar-refractivity contribution in [2.45, 2.75) is 51.3 Å². The first-order valence-corrected chi connectivity index (χ1v) is 7.64. The van der Waals surface area contributed by atoms with Crippen molar-refractivity contribution >= 4 is 11.8 Å². The lowest BCUT2D eigenvalue weighted by Crippen LogP contribution is -2.38. The van der Waals surface area contributed by atoms with Gasteiger partial charge in [0.15, 0.2) is 0 Å². The summed E-state index contributed by atoms with van der Waals surface area (Å²) < 4.78 is 10.9. The molecule has 0 spiro atoms. The van der Waals surface area contributed by atoms with Crippen LogP contribution in [-0.4, -0.2) is 49.3 Å². The van der Waals surface area contributed by atoms with Gasteiger partial charge in [0.05, 0.1) is 20.3 Å². The molecule has 2 rings (SSSR count). The fourth-order valence-electron chi connectivity index (χ4n) is 2.86. The number of aliphatic hydroxyl groups is 1. The predicted octanol–water partition coefficient (Wildman–Crippen LogP) is 2.20. The van der Waals surface area contributed by atoms with Gasteiger partial charge < -0.3 is 14.6 Å². The summed E-state index contributed by atoms with van der Waals surface area (Å²) in [5.74, 6) is 2.10. The van der Waals surface area contributed by atoms with Crippen LogP contribution >= 0.6 is 0 Å². The van der Waals surface area contributed by atoms with E-state index in [-0.39, 0.29) is 18.2 Å². The molecule has 5 nitrogen and oxygen atoms in total. The van der Waals surface area contributed by atoms with Gasteiger partial charge in [-0.25, -0.2) is 9.98 Å². The van der Waals surface area contributed by atoms with Gasteiger partial charge in [-0.2, -0.15) is 0 Å². The van der Waals surface area contributed by atoms with Crippen molar-refractivity contribution in [3.63, 3.8) is 0 Å². The van der Waals surface area contributed by atoms with E-state index in [0.717, 1.165) is 19.3 Å². The molecule has 118 valence electrons. The van der Waals surface area contributed by atoms with Gasteiger partial charge >= 0.3 is 0 Å². The average molecular weight is 294 g/mol. The van der Waals surface area contributed by atoms with Crippen molar-refractivity contribution in [3.8, 4) is 0 Å². The maximum Gasteiger partial charge on any atom is 0.209 e. The minimum absolute atomic E-state index is 0.0649. The fraction of sp³-hybridized carbons (Fsp3) is 0.750. The lowest BCUT2D eigenvalue weighted by molar-refractivity contribution is 0.192. The molecule has 5 heteroatoms. The van der Waals surface area contributed by atoms with Gasteiger partial charge in [-0.1, -0.05) is 26.0 Å². The number of nitrogens with zero attached hydrogens (tertiary/aromatic N) is 2. The van der Waals surface area contributed by atoms with Crippen LogP contribution in [0.25, 0.3) is 0 Å². The fourth-order valence-corrected chi connectivity index (χ4v) is 2.86. The summed E-state index contributed by atoms with van der Waals surface area (Å²) in [6.45, 7) is 4.20. The summed E-state index contributed by atoms with van der Waals surface area (Å²) in [5, 5.41) is 9.52. The molecule has 0 saturated heterocycles. The first kappa shape index (κ1) is 16.0. The molecule has 0 aromatic rings. The van der Waals surface area contributed by atoms with Crippen molar-refractivity contribution in [3.05, 3.63) is 12.2 Å². The predicted molar refractivity (Wildman–Crippen MR) is 83.8 cm³/mol. The summed E-state index contributed by atoms with van der Waals surface area (Å²) >= 11 is 0. The lowest BCUT2D eigenvalue weighted by atomic mass is 9.88. The number of ether oxygens (including phenoxy) is 2. The normalized spacial score (nSPS) is 32.7. The van der Waals surface area contributed by atoms with Crippen LogP contribution < -0.4 is 0 Å². The van der Waals surface area contributed by atoms with Crippen LogP contribution in [0.5, 0.6) is 0 Å².